The van der Waals surface area contributed by atoms with Gasteiger partial charge in [0.25, 0.3) is 0 Å². The summed E-state index contributed by atoms with van der Waals surface area (Å²) < 4.78 is 5.62. The van der Waals surface area contributed by atoms with E-state index in [0.717, 1.165) is 6.61 Å². The van der Waals surface area contributed by atoms with E-state index in [1.54, 1.807) is 0 Å². The molecular weight excluding hydrogens is 192 g/mol. The molecule has 3 heterocycles. The van der Waals surface area contributed by atoms with Gasteiger partial charge in [-0.2, -0.15) is 0 Å². The van der Waals surface area contributed by atoms with Crippen LogP contribution in [0, 0.1) is 11.3 Å². The molecule has 4 heteroatoms. The Balaban J connectivity index is 2.11. The monoisotopic (exact) mass is 210 g/mol. The molecule has 84 valence electrons. The number of amides is 1. The number of ether oxygens (including phenoxy) is 1. The second-order valence-corrected chi connectivity index (χ2v) is 5.65. The van der Waals surface area contributed by atoms with Crippen molar-refractivity contribution in [2.24, 2.45) is 11.3 Å². The van der Waals surface area contributed by atoms with E-state index in [-0.39, 0.29) is 16.9 Å². The minimum Gasteiger partial charge on any atom is -0.378 e. The zero-order valence-electron chi connectivity index (χ0n) is 9.78. The first-order valence-electron chi connectivity index (χ1n) is 5.59. The summed E-state index contributed by atoms with van der Waals surface area (Å²) in [6.45, 7) is 7.73. The number of hydrogen-bond acceptors (Lipinski definition) is 3. The molecule has 0 bridgehead atoms. The highest BCUT2D eigenvalue weighted by Gasteiger charge is 2.74. The van der Waals surface area contributed by atoms with Gasteiger partial charge in [0.05, 0.1) is 24.7 Å². The van der Waals surface area contributed by atoms with Gasteiger partial charge in [0.15, 0.2) is 0 Å². The molecular formula is C11H18N2O2. The Morgan fingerprint density at radius 1 is 1.47 bits per heavy atom. The number of likely N-dealkylation sites (N-methyl/N-ethyl adjacent to an activating group) is 1. The molecule has 0 N–H and O–H groups in total. The molecule has 0 aromatic heterocycles. The molecule has 15 heavy (non-hydrogen) atoms. The Morgan fingerprint density at radius 2 is 2.13 bits per heavy atom. The number of hydrazine groups is 1. The molecule has 1 spiro atoms. The highest BCUT2D eigenvalue weighted by Crippen LogP contribution is 2.58. The number of nitrogens with zero attached hydrogens (tertiary/aromatic N) is 2. The van der Waals surface area contributed by atoms with Gasteiger partial charge in [-0.3, -0.25) is 9.80 Å². The third-order valence-electron chi connectivity index (χ3n) is 4.83. The highest BCUT2D eigenvalue weighted by atomic mass is 16.5. The van der Waals surface area contributed by atoms with Crippen LogP contribution in [0.2, 0.25) is 0 Å². The average Bonchev–Trinajstić information content (AvgIpc) is 2.68. The lowest BCUT2D eigenvalue weighted by molar-refractivity contribution is -0.230. The molecule has 3 aliphatic heterocycles. The van der Waals surface area contributed by atoms with E-state index in [2.05, 4.69) is 25.8 Å². The minimum atomic E-state index is -0.268. The van der Waals surface area contributed by atoms with Crippen LogP contribution in [0.25, 0.3) is 0 Å². The second-order valence-electron chi connectivity index (χ2n) is 5.65. The molecule has 1 amide bonds. The van der Waals surface area contributed by atoms with Gasteiger partial charge in [0, 0.05) is 13.0 Å². The van der Waals surface area contributed by atoms with Crippen LogP contribution in [-0.2, 0) is 9.53 Å². The van der Waals surface area contributed by atoms with E-state index in [0.29, 0.717) is 18.6 Å². The number of carbonyl (C=O) groups is 1. The SMILES string of the molecule is CC1N(C)N2C(=O)C(C)(C)C3COCC132. The van der Waals surface area contributed by atoms with Gasteiger partial charge in [0.1, 0.15) is 5.54 Å². The molecule has 0 saturated carbocycles. The van der Waals surface area contributed by atoms with Gasteiger partial charge in [-0.15, -0.1) is 0 Å². The topological polar surface area (TPSA) is 32.8 Å². The normalized spacial score (nSPS) is 47.7. The van der Waals surface area contributed by atoms with Gasteiger partial charge < -0.3 is 4.74 Å². The van der Waals surface area contributed by atoms with Gasteiger partial charge in [-0.1, -0.05) is 13.8 Å². The third kappa shape index (κ3) is 0.742. The van der Waals surface area contributed by atoms with Crippen molar-refractivity contribution in [1.82, 2.24) is 10.0 Å². The van der Waals surface area contributed by atoms with Crippen molar-refractivity contribution in [3.63, 3.8) is 0 Å². The first-order valence-corrected chi connectivity index (χ1v) is 5.59. The predicted molar refractivity (Wildman–Crippen MR) is 54.9 cm³/mol. The molecule has 3 atom stereocenters. The highest BCUT2D eigenvalue weighted by molar-refractivity contribution is 5.87. The average molecular weight is 210 g/mol. The molecule has 4 nitrogen and oxygen atoms in total. The Kier molecular flexibility index (Phi) is 1.52. The van der Waals surface area contributed by atoms with Crippen LogP contribution in [0.5, 0.6) is 0 Å². The lowest BCUT2D eigenvalue weighted by Gasteiger charge is -2.59. The molecule has 0 aliphatic carbocycles. The zero-order chi connectivity index (χ0) is 11.0. The Bertz CT molecular complexity index is 341. The number of hydrogen-bond donors (Lipinski definition) is 0. The summed E-state index contributed by atoms with van der Waals surface area (Å²) in [5.41, 5.74) is -0.301. The van der Waals surface area contributed by atoms with Crippen LogP contribution in [0.3, 0.4) is 0 Å². The van der Waals surface area contributed by atoms with E-state index in [9.17, 15) is 4.79 Å². The van der Waals surface area contributed by atoms with Gasteiger partial charge in [-0.25, -0.2) is 5.01 Å². The molecule has 3 aliphatic rings. The van der Waals surface area contributed by atoms with E-state index in [1.165, 1.54) is 0 Å². The molecule has 3 rings (SSSR count). The Labute approximate surface area is 90.1 Å². The molecule has 3 fully saturated rings. The largest absolute Gasteiger partial charge is 0.378 e. The summed E-state index contributed by atoms with van der Waals surface area (Å²) in [5, 5.41) is 3.99. The Morgan fingerprint density at radius 3 is 2.80 bits per heavy atom. The second kappa shape index (κ2) is 2.38. The van der Waals surface area contributed by atoms with Crippen LogP contribution in [-0.4, -0.2) is 47.8 Å². The minimum absolute atomic E-state index is 0.0324. The maximum Gasteiger partial charge on any atom is 0.243 e. The summed E-state index contributed by atoms with van der Waals surface area (Å²) in [4.78, 5) is 12.3. The predicted octanol–water partition coefficient (Wildman–Crippen LogP) is 0.489. The van der Waals surface area contributed by atoms with Crippen molar-refractivity contribution in [3.05, 3.63) is 0 Å². The maximum atomic E-state index is 12.3. The lowest BCUT2D eigenvalue weighted by atomic mass is 9.70. The lowest BCUT2D eigenvalue weighted by Crippen LogP contribution is -2.77. The van der Waals surface area contributed by atoms with Crippen LogP contribution in [0.15, 0.2) is 0 Å². The first-order chi connectivity index (χ1) is 6.94. The van der Waals surface area contributed by atoms with Gasteiger partial charge in [-0.05, 0) is 6.92 Å². The van der Waals surface area contributed by atoms with Gasteiger partial charge >= 0.3 is 0 Å². The quantitative estimate of drug-likeness (QED) is 0.583. The van der Waals surface area contributed by atoms with E-state index in [4.69, 9.17) is 4.74 Å². The van der Waals surface area contributed by atoms with E-state index in [1.807, 2.05) is 12.1 Å². The molecule has 3 saturated heterocycles. The van der Waals surface area contributed by atoms with Crippen molar-refractivity contribution >= 4 is 5.91 Å². The van der Waals surface area contributed by atoms with E-state index >= 15 is 0 Å². The maximum absolute atomic E-state index is 12.3. The fourth-order valence-electron chi connectivity index (χ4n) is 3.70. The smallest absolute Gasteiger partial charge is 0.243 e. The number of carbonyl (C=O) groups excluding carboxylic acids is 1. The molecule has 3 unspecified atom stereocenters. The summed E-state index contributed by atoms with van der Waals surface area (Å²) >= 11 is 0. The van der Waals surface area contributed by atoms with Gasteiger partial charge in [0.2, 0.25) is 5.91 Å². The summed E-state index contributed by atoms with van der Waals surface area (Å²) in [5.74, 6) is 0.611. The molecule has 0 aromatic carbocycles. The van der Waals surface area contributed by atoms with Crippen molar-refractivity contribution in [2.75, 3.05) is 20.3 Å². The summed E-state index contributed by atoms with van der Waals surface area (Å²) in [6, 6.07) is 0.413. The van der Waals surface area contributed by atoms with Crippen molar-refractivity contribution in [3.8, 4) is 0 Å². The van der Waals surface area contributed by atoms with E-state index < -0.39 is 0 Å². The summed E-state index contributed by atoms with van der Waals surface area (Å²) in [6.07, 6.45) is 0. The standard InChI is InChI=1S/C11H18N2O2/c1-7-11-6-15-5-8(11)10(2,3)9(14)13(11)12(7)4/h7-8H,5-6H2,1-4H3. The third-order valence-corrected chi connectivity index (χ3v) is 4.83. The van der Waals surface area contributed by atoms with Crippen LogP contribution >= 0.6 is 0 Å². The summed E-state index contributed by atoms with van der Waals surface area (Å²) in [7, 11) is 1.99. The zero-order valence-corrected chi connectivity index (χ0v) is 9.78. The van der Waals surface area contributed by atoms with Crippen molar-refractivity contribution < 1.29 is 9.53 Å². The van der Waals surface area contributed by atoms with Crippen LogP contribution in [0.1, 0.15) is 20.8 Å². The molecule has 0 radical (unpaired) electrons. The van der Waals surface area contributed by atoms with Crippen molar-refractivity contribution in [1.29, 1.82) is 0 Å². The first kappa shape index (κ1) is 9.60. The van der Waals surface area contributed by atoms with Crippen LogP contribution in [0.4, 0.5) is 0 Å². The molecule has 0 aromatic rings. The Hall–Kier alpha value is -0.610. The number of rotatable bonds is 0. The van der Waals surface area contributed by atoms with Crippen molar-refractivity contribution in [2.45, 2.75) is 32.4 Å². The fraction of sp³-hybridized carbons (Fsp3) is 0.909. The van der Waals surface area contributed by atoms with Crippen LogP contribution < -0.4 is 0 Å². The fourth-order valence-corrected chi connectivity index (χ4v) is 3.70.